The molecule has 0 N–H and O–H groups in total. The molecule has 0 radical (unpaired) electrons. The Bertz CT molecular complexity index is 3170. The fourth-order valence-corrected chi connectivity index (χ4v) is 6.94. The maximum atomic E-state index is 14.0. The van der Waals surface area contributed by atoms with Crippen LogP contribution in [0.1, 0.15) is 67.4 Å². The lowest BCUT2D eigenvalue weighted by Gasteiger charge is -2.26. The number of esters is 2. The molecule has 0 bridgehead atoms. The van der Waals surface area contributed by atoms with Gasteiger partial charge in [-0.05, 0) is 125 Å². The molecule has 0 spiro atoms. The second-order valence-electron chi connectivity index (χ2n) is 17.1. The number of aromatic nitrogens is 2. The number of rotatable bonds is 13. The molecule has 0 saturated heterocycles. The van der Waals surface area contributed by atoms with Gasteiger partial charge in [0.25, 0.3) is 22.2 Å². The summed E-state index contributed by atoms with van der Waals surface area (Å²) in [6, 6.07) is 25.3. The van der Waals surface area contributed by atoms with E-state index in [1.54, 1.807) is 82.3 Å². The van der Waals surface area contributed by atoms with Crippen molar-refractivity contribution in [2.45, 2.75) is 72.8 Å². The zero-order valence-corrected chi connectivity index (χ0v) is 36.7. The highest BCUT2D eigenvalue weighted by Crippen LogP contribution is 2.42. The highest BCUT2D eigenvalue weighted by molar-refractivity contribution is 5.98. The lowest BCUT2D eigenvalue weighted by Crippen LogP contribution is -2.38. The van der Waals surface area contributed by atoms with Crippen molar-refractivity contribution >= 4 is 33.5 Å². The summed E-state index contributed by atoms with van der Waals surface area (Å²) in [5.74, 6) is 1.32. The molecule has 13 nitrogen and oxygen atoms in total. The Morgan fingerprint density at radius 2 is 0.938 bits per heavy atom. The number of fused-ring (bicyclic) bond motifs is 2. The maximum Gasteiger partial charge on any atom is 0.338 e. The smallest absolute Gasteiger partial charge is 0.338 e. The van der Waals surface area contributed by atoms with Gasteiger partial charge in [0.05, 0.1) is 27.2 Å². The first-order chi connectivity index (χ1) is 30.2. The van der Waals surface area contributed by atoms with Crippen LogP contribution in [0, 0.1) is 0 Å². The molecule has 0 fully saturated rings. The second kappa shape index (κ2) is 16.8. The molecular weight excluding hydrogens is 817 g/mol. The average Bonchev–Trinajstić information content (AvgIpc) is 3.64. The van der Waals surface area contributed by atoms with E-state index in [2.05, 4.69) is 33.9 Å². The minimum Gasteiger partial charge on any atom is -0.457 e. The molecule has 0 unspecified atom stereocenters. The summed E-state index contributed by atoms with van der Waals surface area (Å²) in [6.07, 6.45) is 0.784. The first-order valence-corrected chi connectivity index (χ1v) is 20.4. The quantitative estimate of drug-likeness (QED) is 0.0617. The fraction of sp³-hybridized carbons (Fsp3) is 0.216. The maximum absolute atomic E-state index is 14.0. The summed E-state index contributed by atoms with van der Waals surface area (Å²) in [4.78, 5) is 79.0. The minimum absolute atomic E-state index is 0.0199. The van der Waals surface area contributed by atoms with Crippen molar-refractivity contribution in [1.29, 1.82) is 0 Å². The first-order valence-electron chi connectivity index (χ1n) is 20.4. The molecule has 0 aliphatic rings. The molecular formula is C51H46N2O11. The van der Waals surface area contributed by atoms with Gasteiger partial charge in [-0.1, -0.05) is 40.0 Å². The third-order valence-electron chi connectivity index (χ3n) is 10.8. The molecule has 326 valence electrons. The number of carbonyl (C=O) groups excluding carboxylic acids is 2. The number of ether oxygens (including phenoxy) is 5. The van der Waals surface area contributed by atoms with Crippen LogP contribution in [0.5, 0.6) is 46.0 Å². The van der Waals surface area contributed by atoms with Crippen LogP contribution in [0.4, 0.5) is 0 Å². The predicted molar refractivity (Wildman–Crippen MR) is 245 cm³/mol. The average molecular weight is 863 g/mol. The molecule has 0 amide bonds. The van der Waals surface area contributed by atoms with Crippen LogP contribution < -0.4 is 45.9 Å². The van der Waals surface area contributed by atoms with E-state index in [1.807, 2.05) is 6.07 Å². The van der Waals surface area contributed by atoms with Gasteiger partial charge >= 0.3 is 11.9 Å². The number of nitrogens with zero attached hydrogens (tertiary/aromatic N) is 2. The van der Waals surface area contributed by atoms with E-state index in [0.717, 1.165) is 21.1 Å². The van der Waals surface area contributed by atoms with Crippen LogP contribution in [0.3, 0.4) is 0 Å². The van der Waals surface area contributed by atoms with Crippen LogP contribution in [0.25, 0.3) is 27.2 Å². The van der Waals surface area contributed by atoms with Crippen molar-refractivity contribution in [2.75, 3.05) is 0 Å². The van der Waals surface area contributed by atoms with Gasteiger partial charge in [0.15, 0.2) is 11.5 Å². The van der Waals surface area contributed by atoms with E-state index in [-0.39, 0.29) is 66.8 Å². The first kappa shape index (κ1) is 44.3. The van der Waals surface area contributed by atoms with Gasteiger partial charge in [-0.2, -0.15) is 0 Å². The van der Waals surface area contributed by atoms with Gasteiger partial charge in [0.2, 0.25) is 0 Å². The van der Waals surface area contributed by atoms with E-state index >= 15 is 0 Å². The largest absolute Gasteiger partial charge is 0.457 e. The Kier molecular flexibility index (Phi) is 11.6. The third-order valence-corrected chi connectivity index (χ3v) is 10.8. The molecule has 5 aromatic carbocycles. The molecule has 2 heterocycles. The molecule has 64 heavy (non-hydrogen) atoms. The van der Waals surface area contributed by atoms with Crippen LogP contribution in [-0.4, -0.2) is 21.1 Å². The zero-order chi connectivity index (χ0) is 46.4. The van der Waals surface area contributed by atoms with Crippen molar-refractivity contribution < 1.29 is 33.3 Å². The SMILES string of the molecule is C=C(C)C(=O)Oc1ccc(Oc2cc(-n3c(=O)c4cc5c(=O)n(C(C)(C)C)c(=O)c5cc4c3=O)ccc2Oc2ccc(C(C)(C)CC)c(Oc3ccc(OC(=O)C(=C)C)cc3)c2)cc1. The summed E-state index contributed by atoms with van der Waals surface area (Å²) in [5, 5.41) is 0.0521. The van der Waals surface area contributed by atoms with E-state index in [0.29, 0.717) is 23.0 Å². The number of hydrogen-bond donors (Lipinski definition) is 0. The van der Waals surface area contributed by atoms with Gasteiger partial charge in [0.1, 0.15) is 34.5 Å². The summed E-state index contributed by atoms with van der Waals surface area (Å²) in [7, 11) is 0. The van der Waals surface area contributed by atoms with E-state index < -0.39 is 39.7 Å². The fourth-order valence-electron chi connectivity index (χ4n) is 6.94. The Morgan fingerprint density at radius 3 is 1.39 bits per heavy atom. The van der Waals surface area contributed by atoms with Crippen LogP contribution in [0.15, 0.2) is 141 Å². The van der Waals surface area contributed by atoms with E-state index in [9.17, 15) is 28.8 Å². The molecule has 7 rings (SSSR count). The lowest BCUT2D eigenvalue weighted by atomic mass is 9.81. The second-order valence-corrected chi connectivity index (χ2v) is 17.1. The Hall–Kier alpha value is -7.80. The number of hydrogen-bond acceptors (Lipinski definition) is 11. The van der Waals surface area contributed by atoms with Gasteiger partial charge in [-0.25, -0.2) is 14.2 Å². The highest BCUT2D eigenvalue weighted by Gasteiger charge is 2.27. The van der Waals surface area contributed by atoms with Gasteiger partial charge in [-0.3, -0.25) is 23.7 Å². The lowest BCUT2D eigenvalue weighted by molar-refractivity contribution is -0.130. The normalized spacial score (nSPS) is 11.7. The van der Waals surface area contributed by atoms with Crippen molar-refractivity contribution in [1.82, 2.24) is 9.13 Å². The molecule has 2 aromatic heterocycles. The van der Waals surface area contributed by atoms with Crippen LogP contribution in [0.2, 0.25) is 0 Å². The monoisotopic (exact) mass is 862 g/mol. The Labute approximate surface area is 367 Å². The van der Waals surface area contributed by atoms with Crippen molar-refractivity contribution in [3.8, 4) is 51.7 Å². The number of carbonyl (C=O) groups is 2. The van der Waals surface area contributed by atoms with Crippen LogP contribution >= 0.6 is 0 Å². The summed E-state index contributed by atoms with van der Waals surface area (Å²) in [5.41, 5.74) is -2.13. The molecule has 0 atom stereocenters. The summed E-state index contributed by atoms with van der Waals surface area (Å²) in [6.45, 7) is 21.8. The van der Waals surface area contributed by atoms with E-state index in [1.165, 1.54) is 43.3 Å². The van der Waals surface area contributed by atoms with Crippen LogP contribution in [-0.2, 0) is 20.5 Å². The Balaban J connectivity index is 1.30. The van der Waals surface area contributed by atoms with Gasteiger partial charge in [0, 0.05) is 34.4 Å². The summed E-state index contributed by atoms with van der Waals surface area (Å²) >= 11 is 0. The minimum atomic E-state index is -0.827. The molecule has 7 aromatic rings. The van der Waals surface area contributed by atoms with Gasteiger partial charge < -0.3 is 23.7 Å². The predicted octanol–water partition coefficient (Wildman–Crippen LogP) is 9.68. The summed E-state index contributed by atoms with van der Waals surface area (Å²) < 4.78 is 32.0. The van der Waals surface area contributed by atoms with Gasteiger partial charge in [-0.15, -0.1) is 0 Å². The molecule has 0 aliphatic carbocycles. The van der Waals surface area contributed by atoms with Crippen molar-refractivity contribution in [3.63, 3.8) is 0 Å². The molecule has 0 aliphatic heterocycles. The third kappa shape index (κ3) is 8.65. The van der Waals surface area contributed by atoms with E-state index in [4.69, 9.17) is 23.7 Å². The molecule has 0 saturated carbocycles. The topological polar surface area (TPSA) is 158 Å². The van der Waals surface area contributed by atoms with Crippen molar-refractivity contribution in [2.24, 2.45) is 0 Å². The van der Waals surface area contributed by atoms with Crippen molar-refractivity contribution in [3.05, 3.63) is 168 Å². The highest BCUT2D eigenvalue weighted by atomic mass is 16.5. The number of benzene rings is 5. The zero-order valence-electron chi connectivity index (χ0n) is 36.7. The Morgan fingerprint density at radius 1 is 0.516 bits per heavy atom. The molecule has 13 heteroatoms. The standard InChI is InChI=1S/C51H46N2O11/c1-11-51(9,10)40-22-21-35(25-42(40)60-31-13-17-33(18-14-31)63-48(58)28(2)3)62-41-23-12-30(24-43(41)61-32-15-19-34(20-16-32)64-49(59)29(4)5)52-44(54)36-26-38-39(27-37(36)45(52)55)47(57)53(46(38)56)50(6,7)8/h12-27H,2,4,11H2,1,3,5-10H3.